The van der Waals surface area contributed by atoms with Crippen molar-refractivity contribution >= 4 is 5.97 Å². The van der Waals surface area contributed by atoms with Crippen molar-refractivity contribution in [2.75, 3.05) is 7.11 Å². The highest BCUT2D eigenvalue weighted by atomic mass is 19.1. The fourth-order valence-electron chi connectivity index (χ4n) is 2.79. The molecule has 3 aromatic rings. The molecule has 0 bridgehead atoms. The number of benzene rings is 2. The number of carboxylic acids is 1. The first-order valence-corrected chi connectivity index (χ1v) is 7.81. The number of para-hydroxylation sites is 2. The Balaban J connectivity index is 2.35. The number of ether oxygens (including phenoxy) is 1. The van der Waals surface area contributed by atoms with Gasteiger partial charge in [-0.15, -0.1) is 0 Å². The summed E-state index contributed by atoms with van der Waals surface area (Å²) in [5, 5.41) is 14.2. The molecule has 0 saturated heterocycles. The van der Waals surface area contributed by atoms with E-state index < -0.39 is 5.97 Å². The third kappa shape index (κ3) is 2.98. The lowest BCUT2D eigenvalue weighted by molar-refractivity contribution is 0.0696. The highest BCUT2D eigenvalue weighted by molar-refractivity contribution is 5.96. The van der Waals surface area contributed by atoms with Crippen molar-refractivity contribution in [3.8, 4) is 22.7 Å². The molecule has 0 saturated carbocycles. The van der Waals surface area contributed by atoms with Crippen LogP contribution in [-0.2, 0) is 6.42 Å². The van der Waals surface area contributed by atoms with Gasteiger partial charge in [-0.05, 0) is 42.8 Å². The number of halogens is 1. The van der Waals surface area contributed by atoms with E-state index in [-0.39, 0.29) is 11.4 Å². The maximum Gasteiger partial charge on any atom is 0.339 e. The maximum absolute atomic E-state index is 13.3. The van der Waals surface area contributed by atoms with Crippen molar-refractivity contribution in [2.45, 2.75) is 13.3 Å². The van der Waals surface area contributed by atoms with E-state index in [2.05, 4.69) is 5.10 Å². The van der Waals surface area contributed by atoms with Crippen LogP contribution in [0.4, 0.5) is 4.39 Å². The lowest BCUT2D eigenvalue weighted by atomic mass is 10.0. The van der Waals surface area contributed by atoms with Gasteiger partial charge in [0.15, 0.2) is 0 Å². The van der Waals surface area contributed by atoms with E-state index >= 15 is 0 Å². The summed E-state index contributed by atoms with van der Waals surface area (Å²) in [6.07, 6.45) is 0.456. The third-order valence-electron chi connectivity index (χ3n) is 3.94. The summed E-state index contributed by atoms with van der Waals surface area (Å²) in [4.78, 5) is 11.9. The fraction of sp³-hybridized carbons (Fsp3) is 0.158. The second-order valence-electron chi connectivity index (χ2n) is 5.42. The van der Waals surface area contributed by atoms with E-state index in [1.807, 2.05) is 19.1 Å². The summed E-state index contributed by atoms with van der Waals surface area (Å²) in [6.45, 7) is 1.84. The van der Waals surface area contributed by atoms with Gasteiger partial charge in [-0.25, -0.2) is 13.9 Å². The topological polar surface area (TPSA) is 64.4 Å². The van der Waals surface area contributed by atoms with Crippen LogP contribution in [-0.4, -0.2) is 28.0 Å². The Morgan fingerprint density at radius 2 is 1.88 bits per heavy atom. The van der Waals surface area contributed by atoms with Crippen LogP contribution in [0.15, 0.2) is 48.5 Å². The normalized spacial score (nSPS) is 10.7. The first kappa shape index (κ1) is 16.7. The predicted octanol–water partition coefficient (Wildman–Crippen LogP) is 3.95. The molecule has 25 heavy (non-hydrogen) atoms. The van der Waals surface area contributed by atoms with Crippen LogP contribution < -0.4 is 4.74 Å². The molecule has 1 aromatic heterocycles. The fourth-order valence-corrected chi connectivity index (χ4v) is 2.79. The molecule has 0 aliphatic carbocycles. The molecular weight excluding hydrogens is 323 g/mol. The first-order chi connectivity index (χ1) is 12.1. The number of aromatic carboxylic acids is 1. The number of aromatic nitrogens is 2. The van der Waals surface area contributed by atoms with Crippen LogP contribution >= 0.6 is 0 Å². The number of methoxy groups -OCH3 is 1. The number of aryl methyl sites for hydroxylation is 1. The van der Waals surface area contributed by atoms with Gasteiger partial charge in [-0.2, -0.15) is 5.10 Å². The van der Waals surface area contributed by atoms with Crippen molar-refractivity contribution in [1.29, 1.82) is 0 Å². The van der Waals surface area contributed by atoms with Crippen molar-refractivity contribution < 1.29 is 19.0 Å². The molecule has 0 fully saturated rings. The van der Waals surface area contributed by atoms with Gasteiger partial charge < -0.3 is 9.84 Å². The second-order valence-corrected chi connectivity index (χ2v) is 5.42. The summed E-state index contributed by atoms with van der Waals surface area (Å²) in [5.41, 5.74) is 2.15. The highest BCUT2D eigenvalue weighted by Gasteiger charge is 2.25. The molecule has 3 rings (SSSR count). The number of carboxylic acid groups (broad SMARTS) is 1. The zero-order valence-electron chi connectivity index (χ0n) is 13.9. The first-order valence-electron chi connectivity index (χ1n) is 7.81. The Labute approximate surface area is 144 Å². The minimum atomic E-state index is -1.07. The van der Waals surface area contributed by atoms with Crippen molar-refractivity contribution in [1.82, 2.24) is 9.78 Å². The minimum Gasteiger partial charge on any atom is -0.494 e. The van der Waals surface area contributed by atoms with Gasteiger partial charge in [0.25, 0.3) is 0 Å². The monoisotopic (exact) mass is 340 g/mol. The molecule has 0 atom stereocenters. The molecule has 0 amide bonds. The predicted molar refractivity (Wildman–Crippen MR) is 91.8 cm³/mol. The zero-order chi connectivity index (χ0) is 18.0. The minimum absolute atomic E-state index is 0.111. The van der Waals surface area contributed by atoms with E-state index in [4.69, 9.17) is 4.74 Å². The number of nitrogens with zero attached hydrogens (tertiary/aromatic N) is 2. The van der Waals surface area contributed by atoms with Gasteiger partial charge in [0, 0.05) is 5.56 Å². The van der Waals surface area contributed by atoms with E-state index in [0.29, 0.717) is 34.8 Å². The summed E-state index contributed by atoms with van der Waals surface area (Å²) in [6, 6.07) is 12.9. The molecular formula is C19H17FN2O3. The number of hydrogen-bond donors (Lipinski definition) is 1. The number of rotatable bonds is 5. The Morgan fingerprint density at radius 1 is 1.20 bits per heavy atom. The SMILES string of the molecule is CCc1nn(-c2ccccc2OC)c(-c2ccc(F)cc2)c1C(=O)O. The Hall–Kier alpha value is -3.15. The molecule has 0 radical (unpaired) electrons. The molecule has 0 unspecified atom stereocenters. The van der Waals surface area contributed by atoms with Gasteiger partial charge >= 0.3 is 5.97 Å². The standard InChI is InChI=1S/C19H17FN2O3/c1-3-14-17(19(23)24)18(12-8-10-13(20)11-9-12)22(21-14)15-6-4-5-7-16(15)25-2/h4-11H,3H2,1-2H3,(H,23,24). The van der Waals surface area contributed by atoms with Crippen LogP contribution in [0.1, 0.15) is 23.0 Å². The lowest BCUT2D eigenvalue weighted by Crippen LogP contribution is -2.04. The van der Waals surface area contributed by atoms with Crippen LogP contribution in [0, 0.1) is 5.82 Å². The molecule has 128 valence electrons. The molecule has 1 heterocycles. The van der Waals surface area contributed by atoms with E-state index in [1.165, 1.54) is 12.1 Å². The van der Waals surface area contributed by atoms with Crippen LogP contribution in [0.2, 0.25) is 0 Å². The van der Waals surface area contributed by atoms with Crippen molar-refractivity contribution in [2.24, 2.45) is 0 Å². The molecule has 1 N–H and O–H groups in total. The van der Waals surface area contributed by atoms with Crippen LogP contribution in [0.5, 0.6) is 5.75 Å². The molecule has 6 heteroatoms. The summed E-state index contributed by atoms with van der Waals surface area (Å²) in [5.74, 6) is -0.898. The van der Waals surface area contributed by atoms with E-state index in [0.717, 1.165) is 0 Å². The average Bonchev–Trinajstić information content (AvgIpc) is 3.02. The van der Waals surface area contributed by atoms with Gasteiger partial charge in [0.2, 0.25) is 0 Å². The van der Waals surface area contributed by atoms with Gasteiger partial charge in [0.05, 0.1) is 18.5 Å². The Morgan fingerprint density at radius 3 is 2.48 bits per heavy atom. The quantitative estimate of drug-likeness (QED) is 0.764. The second kappa shape index (κ2) is 6.76. The largest absolute Gasteiger partial charge is 0.494 e. The molecule has 0 spiro atoms. The average molecular weight is 340 g/mol. The van der Waals surface area contributed by atoms with Crippen molar-refractivity contribution in [3.63, 3.8) is 0 Å². The molecule has 5 nitrogen and oxygen atoms in total. The van der Waals surface area contributed by atoms with Gasteiger partial charge in [0.1, 0.15) is 22.8 Å². The summed E-state index contributed by atoms with van der Waals surface area (Å²) in [7, 11) is 1.54. The summed E-state index contributed by atoms with van der Waals surface area (Å²) >= 11 is 0. The maximum atomic E-state index is 13.3. The van der Waals surface area contributed by atoms with E-state index in [1.54, 1.807) is 36.1 Å². The Bertz CT molecular complexity index is 917. The molecule has 0 aliphatic heterocycles. The van der Waals surface area contributed by atoms with E-state index in [9.17, 15) is 14.3 Å². The number of carbonyl (C=O) groups is 1. The zero-order valence-corrected chi connectivity index (χ0v) is 13.9. The summed E-state index contributed by atoms with van der Waals surface area (Å²) < 4.78 is 20.3. The van der Waals surface area contributed by atoms with Crippen LogP contribution in [0.3, 0.4) is 0 Å². The third-order valence-corrected chi connectivity index (χ3v) is 3.94. The highest BCUT2D eigenvalue weighted by Crippen LogP contribution is 2.33. The van der Waals surface area contributed by atoms with Gasteiger partial charge in [-0.1, -0.05) is 19.1 Å². The molecule has 0 aliphatic rings. The van der Waals surface area contributed by atoms with Crippen LogP contribution in [0.25, 0.3) is 16.9 Å². The van der Waals surface area contributed by atoms with Gasteiger partial charge in [-0.3, -0.25) is 0 Å². The number of hydrogen-bond acceptors (Lipinski definition) is 3. The Kier molecular flexibility index (Phi) is 4.52. The lowest BCUT2D eigenvalue weighted by Gasteiger charge is -2.12. The smallest absolute Gasteiger partial charge is 0.339 e. The van der Waals surface area contributed by atoms with Crippen molar-refractivity contribution in [3.05, 3.63) is 65.6 Å². The molecule has 2 aromatic carbocycles.